The average Bonchev–Trinajstić information content (AvgIpc) is 3.33. The summed E-state index contributed by atoms with van der Waals surface area (Å²) in [5.41, 5.74) is 4.08. The molecule has 1 unspecified atom stereocenters. The summed E-state index contributed by atoms with van der Waals surface area (Å²) in [6.07, 6.45) is 2.93. The second-order valence-electron chi connectivity index (χ2n) is 9.49. The third-order valence-corrected chi connectivity index (χ3v) is 6.95. The maximum atomic E-state index is 13.2. The van der Waals surface area contributed by atoms with E-state index in [1.165, 1.54) is 12.1 Å². The van der Waals surface area contributed by atoms with Crippen LogP contribution in [0.3, 0.4) is 0 Å². The minimum Gasteiger partial charge on any atom is -0.349 e. The topological polar surface area (TPSA) is 86.9 Å². The van der Waals surface area contributed by atoms with Crippen LogP contribution in [0.1, 0.15) is 54.6 Å². The molecule has 1 heterocycles. The Morgan fingerprint density at radius 1 is 0.972 bits per heavy atom. The van der Waals surface area contributed by atoms with E-state index >= 15 is 0 Å². The van der Waals surface area contributed by atoms with Crippen LogP contribution < -0.4 is 10.6 Å². The summed E-state index contributed by atoms with van der Waals surface area (Å²) in [5, 5.41) is 6.17. The zero-order valence-electron chi connectivity index (χ0n) is 20.1. The number of hydrogen-bond donors (Lipinski definition) is 3. The molecule has 1 aliphatic rings. The predicted molar refractivity (Wildman–Crippen MR) is 138 cm³/mol. The summed E-state index contributed by atoms with van der Waals surface area (Å²) in [6.45, 7) is 1.90. The Bertz CT molecular complexity index is 1360. The molecule has 0 bridgehead atoms. The summed E-state index contributed by atoms with van der Waals surface area (Å²) < 4.78 is 13.2. The van der Waals surface area contributed by atoms with Crippen molar-refractivity contribution in [2.45, 2.75) is 44.7 Å². The molecular formula is C29H29FN4O2. The standard InChI is InChI=1S/C29H29FN4O2/c1-18(19-7-12-23(30)13-8-19)31-28(35)21-9-14-24(15-10-21)32-29(36)22-11-16-25-26(17-22)34-27(33-25)20-5-3-2-4-6-20/h2-8,11-13,16-18,21,24H,9-10,14-15H2,1H3,(H,31,35)(H,32,36)(H,33,34). The number of H-pyrrole nitrogens is 1. The SMILES string of the molecule is CC(NC(=O)C1CCC(NC(=O)c2ccc3nc(-c4ccccc4)[nH]c3c2)CC1)c1ccc(F)cc1. The van der Waals surface area contributed by atoms with Gasteiger partial charge in [-0.25, -0.2) is 9.37 Å². The number of carbonyl (C=O) groups excluding carboxylic acids is 2. The predicted octanol–water partition coefficient (Wildman–Crippen LogP) is 5.54. The Kier molecular flexibility index (Phi) is 6.80. The number of aromatic amines is 1. The minimum atomic E-state index is -0.293. The van der Waals surface area contributed by atoms with Crippen LogP contribution in [0.5, 0.6) is 0 Å². The fraction of sp³-hybridized carbons (Fsp3) is 0.276. The first-order chi connectivity index (χ1) is 17.5. The van der Waals surface area contributed by atoms with Crippen molar-refractivity contribution in [2.75, 3.05) is 0 Å². The Balaban J connectivity index is 1.15. The fourth-order valence-corrected chi connectivity index (χ4v) is 4.82. The van der Waals surface area contributed by atoms with Gasteiger partial charge in [-0.05, 0) is 68.5 Å². The van der Waals surface area contributed by atoms with Gasteiger partial charge in [-0.2, -0.15) is 0 Å². The molecule has 3 N–H and O–H groups in total. The highest BCUT2D eigenvalue weighted by Crippen LogP contribution is 2.26. The number of aromatic nitrogens is 2. The molecule has 1 aromatic heterocycles. The molecule has 0 saturated heterocycles. The number of hydrogen-bond acceptors (Lipinski definition) is 3. The molecule has 1 atom stereocenters. The summed E-state index contributed by atoms with van der Waals surface area (Å²) >= 11 is 0. The highest BCUT2D eigenvalue weighted by molar-refractivity contribution is 5.97. The van der Waals surface area contributed by atoms with E-state index in [-0.39, 0.29) is 35.6 Å². The summed E-state index contributed by atoms with van der Waals surface area (Å²) in [6, 6.07) is 21.4. The van der Waals surface area contributed by atoms with Gasteiger partial charge < -0.3 is 15.6 Å². The van der Waals surface area contributed by atoms with Crippen LogP contribution in [-0.4, -0.2) is 27.8 Å². The highest BCUT2D eigenvalue weighted by atomic mass is 19.1. The molecule has 3 aromatic carbocycles. The van der Waals surface area contributed by atoms with Crippen LogP contribution in [0.4, 0.5) is 4.39 Å². The molecule has 0 radical (unpaired) electrons. The molecule has 7 heteroatoms. The quantitative estimate of drug-likeness (QED) is 0.336. The van der Waals surface area contributed by atoms with Gasteiger partial charge in [-0.15, -0.1) is 0 Å². The van der Waals surface area contributed by atoms with E-state index in [2.05, 4.69) is 20.6 Å². The molecule has 1 aliphatic carbocycles. The number of imidazole rings is 1. The average molecular weight is 485 g/mol. The number of nitrogens with one attached hydrogen (secondary N) is 3. The zero-order valence-corrected chi connectivity index (χ0v) is 20.1. The second-order valence-corrected chi connectivity index (χ2v) is 9.49. The molecule has 6 nitrogen and oxygen atoms in total. The normalized spacial score (nSPS) is 18.5. The molecule has 0 aliphatic heterocycles. The Morgan fingerprint density at radius 3 is 2.42 bits per heavy atom. The van der Waals surface area contributed by atoms with Crippen molar-refractivity contribution in [3.63, 3.8) is 0 Å². The van der Waals surface area contributed by atoms with Gasteiger partial charge in [-0.3, -0.25) is 9.59 Å². The van der Waals surface area contributed by atoms with E-state index in [0.717, 1.165) is 40.8 Å². The van der Waals surface area contributed by atoms with Crippen molar-refractivity contribution in [3.8, 4) is 11.4 Å². The van der Waals surface area contributed by atoms with E-state index in [1.54, 1.807) is 18.2 Å². The molecule has 36 heavy (non-hydrogen) atoms. The third kappa shape index (κ3) is 5.30. The zero-order chi connectivity index (χ0) is 25.1. The molecule has 0 spiro atoms. The van der Waals surface area contributed by atoms with E-state index in [1.807, 2.05) is 49.4 Å². The van der Waals surface area contributed by atoms with Crippen LogP contribution in [-0.2, 0) is 4.79 Å². The largest absolute Gasteiger partial charge is 0.349 e. The lowest BCUT2D eigenvalue weighted by Gasteiger charge is -2.29. The summed E-state index contributed by atoms with van der Waals surface area (Å²) in [5.74, 6) is 0.285. The van der Waals surface area contributed by atoms with Crippen molar-refractivity contribution >= 4 is 22.8 Å². The van der Waals surface area contributed by atoms with Crippen molar-refractivity contribution in [1.82, 2.24) is 20.6 Å². The molecule has 2 amide bonds. The van der Waals surface area contributed by atoms with Crippen LogP contribution in [0, 0.1) is 11.7 Å². The molecule has 4 aromatic rings. The third-order valence-electron chi connectivity index (χ3n) is 6.95. The van der Waals surface area contributed by atoms with Crippen molar-refractivity contribution in [3.05, 3.63) is 89.7 Å². The van der Waals surface area contributed by atoms with Gasteiger partial charge in [-0.1, -0.05) is 42.5 Å². The number of amides is 2. The van der Waals surface area contributed by atoms with E-state index in [4.69, 9.17) is 0 Å². The van der Waals surface area contributed by atoms with E-state index < -0.39 is 0 Å². The number of rotatable bonds is 6. The van der Waals surface area contributed by atoms with Crippen molar-refractivity contribution in [1.29, 1.82) is 0 Å². The lowest BCUT2D eigenvalue weighted by molar-refractivity contribution is -0.126. The van der Waals surface area contributed by atoms with Crippen LogP contribution >= 0.6 is 0 Å². The van der Waals surface area contributed by atoms with Crippen LogP contribution in [0.25, 0.3) is 22.4 Å². The van der Waals surface area contributed by atoms with Crippen molar-refractivity contribution in [2.24, 2.45) is 5.92 Å². The Labute approximate surface area is 209 Å². The number of carbonyl (C=O) groups is 2. The fourth-order valence-electron chi connectivity index (χ4n) is 4.82. The van der Waals surface area contributed by atoms with Gasteiger partial charge in [0, 0.05) is 23.1 Å². The van der Waals surface area contributed by atoms with Crippen molar-refractivity contribution < 1.29 is 14.0 Å². The molecule has 184 valence electrons. The lowest BCUT2D eigenvalue weighted by atomic mass is 9.85. The molecular weight excluding hydrogens is 455 g/mol. The highest BCUT2D eigenvalue weighted by Gasteiger charge is 2.28. The Morgan fingerprint density at radius 2 is 1.69 bits per heavy atom. The van der Waals surface area contributed by atoms with Gasteiger partial charge in [0.1, 0.15) is 11.6 Å². The first kappa shape index (κ1) is 23.7. The Hall–Kier alpha value is -4.00. The van der Waals surface area contributed by atoms with Gasteiger partial charge >= 0.3 is 0 Å². The van der Waals surface area contributed by atoms with Crippen LogP contribution in [0.15, 0.2) is 72.8 Å². The number of fused-ring (bicyclic) bond motifs is 1. The monoisotopic (exact) mass is 484 g/mol. The number of benzene rings is 3. The van der Waals surface area contributed by atoms with E-state index in [0.29, 0.717) is 18.4 Å². The summed E-state index contributed by atoms with van der Waals surface area (Å²) in [7, 11) is 0. The molecule has 1 fully saturated rings. The summed E-state index contributed by atoms with van der Waals surface area (Å²) in [4.78, 5) is 33.6. The lowest BCUT2D eigenvalue weighted by Crippen LogP contribution is -2.41. The number of halogens is 1. The maximum absolute atomic E-state index is 13.2. The smallest absolute Gasteiger partial charge is 0.251 e. The van der Waals surface area contributed by atoms with Gasteiger partial charge in [0.25, 0.3) is 5.91 Å². The van der Waals surface area contributed by atoms with Gasteiger partial charge in [0.2, 0.25) is 5.91 Å². The molecule has 5 rings (SSSR count). The van der Waals surface area contributed by atoms with Crippen LogP contribution in [0.2, 0.25) is 0 Å². The first-order valence-electron chi connectivity index (χ1n) is 12.4. The van der Waals surface area contributed by atoms with E-state index in [9.17, 15) is 14.0 Å². The van der Waals surface area contributed by atoms with Gasteiger partial charge in [0.05, 0.1) is 17.1 Å². The van der Waals surface area contributed by atoms with Gasteiger partial charge in [0.15, 0.2) is 0 Å². The maximum Gasteiger partial charge on any atom is 0.251 e. The number of nitrogens with zero attached hydrogens (tertiary/aromatic N) is 1. The second kappa shape index (κ2) is 10.3. The first-order valence-corrected chi connectivity index (χ1v) is 12.4. The minimum absolute atomic E-state index is 0.00974. The molecule has 1 saturated carbocycles.